The van der Waals surface area contributed by atoms with Crippen molar-refractivity contribution >= 4 is 11.9 Å². The van der Waals surface area contributed by atoms with Gasteiger partial charge in [0.15, 0.2) is 5.69 Å². The topological polar surface area (TPSA) is 81.9 Å². The number of aromatic nitrogens is 1. The number of esters is 1. The largest absolute Gasteiger partial charge is 0.488 e. The minimum Gasteiger partial charge on any atom is -0.488 e. The van der Waals surface area contributed by atoms with Crippen molar-refractivity contribution in [2.24, 2.45) is 0 Å². The van der Waals surface area contributed by atoms with Crippen molar-refractivity contribution in [3.63, 3.8) is 0 Å². The average molecular weight is 434 g/mol. The Balaban J connectivity index is 1.62. The van der Waals surface area contributed by atoms with E-state index in [1.54, 1.807) is 6.92 Å². The van der Waals surface area contributed by atoms with Gasteiger partial charge >= 0.3 is 5.97 Å². The SMILES string of the molecule is COC(=O)C1Cc2ccccc2CN1C(=O)c1noc(C)c1COc1cc(C)ccc1C. The lowest BCUT2D eigenvalue weighted by Gasteiger charge is -2.34. The number of nitrogens with zero attached hydrogens (tertiary/aromatic N) is 2. The van der Waals surface area contributed by atoms with Gasteiger partial charge in [0, 0.05) is 13.0 Å². The van der Waals surface area contributed by atoms with E-state index < -0.39 is 12.0 Å². The lowest BCUT2D eigenvalue weighted by molar-refractivity contribution is -0.146. The van der Waals surface area contributed by atoms with Gasteiger partial charge in [-0.05, 0) is 49.1 Å². The zero-order valence-electron chi connectivity index (χ0n) is 18.7. The third kappa shape index (κ3) is 4.10. The van der Waals surface area contributed by atoms with Crippen LogP contribution >= 0.6 is 0 Å². The molecule has 0 aliphatic carbocycles. The zero-order chi connectivity index (χ0) is 22.8. The Morgan fingerprint density at radius 3 is 2.62 bits per heavy atom. The van der Waals surface area contributed by atoms with Crippen LogP contribution in [-0.4, -0.2) is 35.1 Å². The van der Waals surface area contributed by atoms with Crippen molar-refractivity contribution < 1.29 is 23.6 Å². The predicted octanol–water partition coefficient (Wildman–Crippen LogP) is 3.92. The number of ether oxygens (including phenoxy) is 2. The molecule has 2 heterocycles. The van der Waals surface area contributed by atoms with E-state index in [0.717, 1.165) is 28.0 Å². The van der Waals surface area contributed by atoms with Gasteiger partial charge in [-0.2, -0.15) is 0 Å². The van der Waals surface area contributed by atoms with Gasteiger partial charge < -0.3 is 18.9 Å². The first-order valence-electron chi connectivity index (χ1n) is 10.5. The van der Waals surface area contributed by atoms with E-state index in [-0.39, 0.29) is 24.8 Å². The van der Waals surface area contributed by atoms with Gasteiger partial charge in [0.1, 0.15) is 24.2 Å². The van der Waals surface area contributed by atoms with Crippen LogP contribution in [0.3, 0.4) is 0 Å². The number of rotatable bonds is 5. The van der Waals surface area contributed by atoms with Crippen molar-refractivity contribution in [2.75, 3.05) is 7.11 Å². The highest BCUT2D eigenvalue weighted by Crippen LogP contribution is 2.28. The lowest BCUT2D eigenvalue weighted by Crippen LogP contribution is -2.49. The summed E-state index contributed by atoms with van der Waals surface area (Å²) in [6.45, 7) is 6.13. The Morgan fingerprint density at radius 2 is 1.88 bits per heavy atom. The molecule has 1 aromatic heterocycles. The van der Waals surface area contributed by atoms with Crippen molar-refractivity contribution in [2.45, 2.75) is 46.4 Å². The second-order valence-electron chi connectivity index (χ2n) is 8.07. The molecule has 1 aliphatic heterocycles. The van der Waals surface area contributed by atoms with Crippen LogP contribution in [0.15, 0.2) is 47.0 Å². The Labute approximate surface area is 186 Å². The molecule has 0 radical (unpaired) electrons. The van der Waals surface area contributed by atoms with Crippen LogP contribution in [-0.2, 0) is 29.1 Å². The van der Waals surface area contributed by atoms with Crippen LogP contribution in [0.25, 0.3) is 0 Å². The van der Waals surface area contributed by atoms with Crippen LogP contribution in [0, 0.1) is 20.8 Å². The smallest absolute Gasteiger partial charge is 0.328 e. The Bertz CT molecular complexity index is 1170. The average Bonchev–Trinajstić information content (AvgIpc) is 3.17. The Hall–Kier alpha value is -3.61. The number of hydrogen-bond acceptors (Lipinski definition) is 6. The molecule has 7 heteroatoms. The molecular weight excluding hydrogens is 408 g/mol. The molecule has 32 heavy (non-hydrogen) atoms. The maximum Gasteiger partial charge on any atom is 0.328 e. The van der Waals surface area contributed by atoms with E-state index >= 15 is 0 Å². The summed E-state index contributed by atoms with van der Waals surface area (Å²) in [5.41, 5.74) is 4.82. The van der Waals surface area contributed by atoms with Crippen molar-refractivity contribution in [3.05, 3.63) is 81.7 Å². The summed E-state index contributed by atoms with van der Waals surface area (Å²) in [5.74, 6) is 0.404. The molecule has 0 bridgehead atoms. The molecule has 0 N–H and O–H groups in total. The molecule has 0 saturated carbocycles. The fraction of sp³-hybridized carbons (Fsp3) is 0.320. The van der Waals surface area contributed by atoms with Crippen LogP contribution in [0.2, 0.25) is 0 Å². The number of aryl methyl sites for hydroxylation is 3. The minimum absolute atomic E-state index is 0.133. The summed E-state index contributed by atoms with van der Waals surface area (Å²) >= 11 is 0. The molecule has 0 spiro atoms. The Kier molecular flexibility index (Phi) is 5.99. The van der Waals surface area contributed by atoms with Gasteiger partial charge in [0.2, 0.25) is 0 Å². The number of carbonyl (C=O) groups excluding carboxylic acids is 2. The first-order chi connectivity index (χ1) is 15.4. The summed E-state index contributed by atoms with van der Waals surface area (Å²) in [7, 11) is 1.33. The summed E-state index contributed by atoms with van der Waals surface area (Å²) in [6, 6.07) is 13.0. The summed E-state index contributed by atoms with van der Waals surface area (Å²) in [6.07, 6.45) is 0.389. The molecule has 0 fully saturated rings. The molecule has 1 unspecified atom stereocenters. The van der Waals surface area contributed by atoms with Crippen molar-refractivity contribution in [1.82, 2.24) is 10.1 Å². The van der Waals surface area contributed by atoms with E-state index in [0.29, 0.717) is 17.7 Å². The summed E-state index contributed by atoms with van der Waals surface area (Å²) in [5, 5.41) is 4.02. The van der Waals surface area contributed by atoms with Crippen LogP contribution in [0.5, 0.6) is 5.75 Å². The molecule has 1 atom stereocenters. The number of methoxy groups -OCH3 is 1. The quantitative estimate of drug-likeness (QED) is 0.566. The van der Waals surface area contributed by atoms with Crippen molar-refractivity contribution in [3.8, 4) is 5.75 Å². The second kappa shape index (κ2) is 8.86. The van der Waals surface area contributed by atoms with Gasteiger partial charge in [-0.25, -0.2) is 4.79 Å². The third-order valence-electron chi connectivity index (χ3n) is 5.89. The van der Waals surface area contributed by atoms with E-state index in [2.05, 4.69) is 5.16 Å². The standard InChI is InChI=1S/C25H26N2O5/c1-15-9-10-16(2)22(11-15)31-14-20-17(3)32-26-23(20)24(28)27-13-19-8-6-5-7-18(19)12-21(27)25(29)30-4/h5-11,21H,12-14H2,1-4H3. The normalized spacial score (nSPS) is 15.2. The first kappa shape index (κ1) is 21.6. The molecule has 166 valence electrons. The van der Waals surface area contributed by atoms with Crippen LogP contribution < -0.4 is 4.74 Å². The van der Waals surface area contributed by atoms with Crippen LogP contribution in [0.4, 0.5) is 0 Å². The van der Waals surface area contributed by atoms with Gasteiger partial charge in [-0.15, -0.1) is 0 Å². The number of benzene rings is 2. The van der Waals surface area contributed by atoms with Crippen molar-refractivity contribution in [1.29, 1.82) is 0 Å². The Morgan fingerprint density at radius 1 is 1.12 bits per heavy atom. The molecule has 1 aliphatic rings. The van der Waals surface area contributed by atoms with Crippen LogP contribution in [0.1, 0.15) is 44.1 Å². The fourth-order valence-corrected chi connectivity index (χ4v) is 3.96. The molecule has 0 saturated heterocycles. The van der Waals surface area contributed by atoms with E-state index in [9.17, 15) is 9.59 Å². The maximum atomic E-state index is 13.5. The number of amides is 1. The molecule has 3 aromatic rings. The number of hydrogen-bond donors (Lipinski definition) is 0. The fourth-order valence-electron chi connectivity index (χ4n) is 3.96. The highest BCUT2D eigenvalue weighted by atomic mass is 16.5. The van der Waals surface area contributed by atoms with Gasteiger partial charge in [-0.1, -0.05) is 41.6 Å². The zero-order valence-corrected chi connectivity index (χ0v) is 18.7. The maximum absolute atomic E-state index is 13.5. The summed E-state index contributed by atoms with van der Waals surface area (Å²) < 4.78 is 16.3. The first-order valence-corrected chi connectivity index (χ1v) is 10.5. The molecule has 7 nitrogen and oxygen atoms in total. The summed E-state index contributed by atoms with van der Waals surface area (Å²) in [4.78, 5) is 27.6. The highest BCUT2D eigenvalue weighted by Gasteiger charge is 2.38. The highest BCUT2D eigenvalue weighted by molar-refractivity contribution is 5.96. The predicted molar refractivity (Wildman–Crippen MR) is 117 cm³/mol. The van der Waals surface area contributed by atoms with E-state index in [1.165, 1.54) is 12.0 Å². The van der Waals surface area contributed by atoms with Gasteiger partial charge in [0.05, 0.1) is 12.7 Å². The number of fused-ring (bicyclic) bond motifs is 1. The van der Waals surface area contributed by atoms with E-state index in [1.807, 2.05) is 56.3 Å². The van der Waals surface area contributed by atoms with E-state index in [4.69, 9.17) is 14.0 Å². The monoisotopic (exact) mass is 434 g/mol. The molecule has 4 rings (SSSR count). The minimum atomic E-state index is -0.729. The lowest BCUT2D eigenvalue weighted by atomic mass is 9.93. The van der Waals surface area contributed by atoms with Gasteiger partial charge in [0.25, 0.3) is 5.91 Å². The third-order valence-corrected chi connectivity index (χ3v) is 5.89. The molecule has 1 amide bonds. The molecule has 2 aromatic carbocycles. The second-order valence-corrected chi connectivity index (χ2v) is 8.07. The number of carbonyl (C=O) groups is 2. The molecular formula is C25H26N2O5. The van der Waals surface area contributed by atoms with Gasteiger partial charge in [-0.3, -0.25) is 4.79 Å².